The Bertz CT molecular complexity index is 771. The predicted octanol–water partition coefficient (Wildman–Crippen LogP) is 3.93. The average molecular weight is 388 g/mol. The maximum absolute atomic E-state index is 12.2. The van der Waals surface area contributed by atoms with Crippen LogP contribution in [-0.4, -0.2) is 17.9 Å². The minimum atomic E-state index is -0.0728. The number of nitrogens with one attached hydrogen (secondary N) is 2. The summed E-state index contributed by atoms with van der Waals surface area (Å²) in [5.74, 6) is -0.120. The molecule has 2 amide bonds. The van der Waals surface area contributed by atoms with Crippen LogP contribution in [0.5, 0.6) is 0 Å². The summed E-state index contributed by atoms with van der Waals surface area (Å²) in [4.78, 5) is 24.3. The molecule has 3 rings (SSSR count). The van der Waals surface area contributed by atoms with Crippen molar-refractivity contribution in [2.24, 2.45) is 0 Å². The van der Waals surface area contributed by atoms with Gasteiger partial charge in [-0.25, -0.2) is 0 Å². The lowest BCUT2D eigenvalue weighted by atomic mass is 10.1. The van der Waals surface area contributed by atoms with E-state index in [1.165, 1.54) is 12.8 Å². The monoisotopic (exact) mass is 387 g/mol. The van der Waals surface area contributed by atoms with Crippen molar-refractivity contribution < 1.29 is 9.59 Å². The van der Waals surface area contributed by atoms with Crippen molar-refractivity contribution in [3.63, 3.8) is 0 Å². The van der Waals surface area contributed by atoms with E-state index in [0.717, 1.165) is 18.4 Å². The summed E-state index contributed by atoms with van der Waals surface area (Å²) in [6, 6.07) is 14.9. The maximum Gasteiger partial charge on any atom is 0.251 e. The third-order valence-corrected chi connectivity index (χ3v) is 4.80. The molecule has 144 valence electrons. The van der Waals surface area contributed by atoms with Gasteiger partial charge in [0.2, 0.25) is 5.91 Å². The van der Waals surface area contributed by atoms with Gasteiger partial charge in [-0.2, -0.15) is 0 Å². The third-order valence-electron chi connectivity index (χ3n) is 4.80. The highest BCUT2D eigenvalue weighted by molar-refractivity contribution is 5.96. The van der Waals surface area contributed by atoms with E-state index in [1.54, 1.807) is 24.3 Å². The number of amides is 2. The standard InChI is InChI=1S/C21H25N3O2.ClH/c22-19-8-4-1-5-15(19)11-14-20(25)23-18-12-9-16(10-13-18)21(26)24-17-6-2-3-7-17;/h1,4-5,8-10,12-13,17H,2-3,6-7,11,14,22H2,(H,23,25)(H,24,26);1H. The zero-order chi connectivity index (χ0) is 18.4. The molecule has 1 saturated carbocycles. The Morgan fingerprint density at radius 2 is 1.67 bits per heavy atom. The molecular weight excluding hydrogens is 362 g/mol. The zero-order valence-electron chi connectivity index (χ0n) is 15.2. The van der Waals surface area contributed by atoms with Gasteiger partial charge in [-0.3, -0.25) is 9.59 Å². The van der Waals surface area contributed by atoms with Gasteiger partial charge in [0.1, 0.15) is 0 Å². The van der Waals surface area contributed by atoms with Gasteiger partial charge < -0.3 is 16.4 Å². The molecule has 0 unspecified atom stereocenters. The summed E-state index contributed by atoms with van der Waals surface area (Å²) in [5, 5.41) is 5.92. The number of hydrogen-bond donors (Lipinski definition) is 3. The molecule has 2 aromatic carbocycles. The van der Waals surface area contributed by atoms with Crippen LogP contribution in [0.15, 0.2) is 48.5 Å². The minimum absolute atomic E-state index is 0. The molecule has 5 nitrogen and oxygen atoms in total. The van der Waals surface area contributed by atoms with Crippen molar-refractivity contribution in [1.82, 2.24) is 5.32 Å². The summed E-state index contributed by atoms with van der Waals surface area (Å²) in [6.07, 6.45) is 5.45. The Labute approximate surface area is 166 Å². The van der Waals surface area contributed by atoms with E-state index >= 15 is 0 Å². The number of carbonyl (C=O) groups excluding carboxylic acids is 2. The first-order valence-electron chi connectivity index (χ1n) is 9.16. The van der Waals surface area contributed by atoms with Crippen LogP contribution in [0, 0.1) is 0 Å². The topological polar surface area (TPSA) is 84.2 Å². The van der Waals surface area contributed by atoms with Gasteiger partial charge in [-0.05, 0) is 55.2 Å². The number of benzene rings is 2. The number of nitrogen functional groups attached to an aromatic ring is 1. The second-order valence-corrected chi connectivity index (χ2v) is 6.78. The quantitative estimate of drug-likeness (QED) is 0.656. The number of halogens is 1. The van der Waals surface area contributed by atoms with Gasteiger partial charge in [-0.1, -0.05) is 31.0 Å². The lowest BCUT2D eigenvalue weighted by Gasteiger charge is -2.12. The molecule has 0 aliphatic heterocycles. The molecule has 0 saturated heterocycles. The van der Waals surface area contributed by atoms with Crippen LogP contribution in [0.4, 0.5) is 11.4 Å². The SMILES string of the molecule is Cl.Nc1ccccc1CCC(=O)Nc1ccc(C(=O)NC2CCCC2)cc1. The van der Waals surface area contributed by atoms with Crippen LogP contribution >= 0.6 is 12.4 Å². The van der Waals surface area contributed by atoms with E-state index in [0.29, 0.717) is 35.8 Å². The van der Waals surface area contributed by atoms with Crippen LogP contribution in [0.1, 0.15) is 48.0 Å². The van der Waals surface area contributed by atoms with E-state index in [-0.39, 0.29) is 24.2 Å². The van der Waals surface area contributed by atoms with Crippen LogP contribution in [-0.2, 0) is 11.2 Å². The van der Waals surface area contributed by atoms with Gasteiger partial charge in [-0.15, -0.1) is 12.4 Å². The summed E-state index contributed by atoms with van der Waals surface area (Å²) in [7, 11) is 0. The highest BCUT2D eigenvalue weighted by Crippen LogP contribution is 2.19. The van der Waals surface area contributed by atoms with Gasteiger partial charge in [0, 0.05) is 29.4 Å². The van der Waals surface area contributed by atoms with Gasteiger partial charge in [0.15, 0.2) is 0 Å². The molecule has 4 N–H and O–H groups in total. The number of nitrogens with two attached hydrogens (primary N) is 1. The lowest BCUT2D eigenvalue weighted by Crippen LogP contribution is -2.32. The van der Waals surface area contributed by atoms with Crippen LogP contribution in [0.3, 0.4) is 0 Å². The van der Waals surface area contributed by atoms with E-state index in [4.69, 9.17) is 5.73 Å². The van der Waals surface area contributed by atoms with Crippen molar-refractivity contribution in [3.8, 4) is 0 Å². The van der Waals surface area contributed by atoms with E-state index in [9.17, 15) is 9.59 Å². The first-order chi connectivity index (χ1) is 12.6. The molecule has 0 heterocycles. The predicted molar refractivity (Wildman–Crippen MR) is 111 cm³/mol. The smallest absolute Gasteiger partial charge is 0.251 e. The van der Waals surface area contributed by atoms with E-state index in [2.05, 4.69) is 10.6 Å². The Balaban J connectivity index is 0.00000261. The lowest BCUT2D eigenvalue weighted by molar-refractivity contribution is -0.116. The molecule has 27 heavy (non-hydrogen) atoms. The minimum Gasteiger partial charge on any atom is -0.399 e. The fourth-order valence-electron chi connectivity index (χ4n) is 3.28. The molecule has 0 radical (unpaired) electrons. The first kappa shape index (κ1) is 20.8. The number of aryl methyl sites for hydroxylation is 1. The van der Waals surface area contributed by atoms with Crippen molar-refractivity contribution in [2.75, 3.05) is 11.1 Å². The second-order valence-electron chi connectivity index (χ2n) is 6.78. The molecule has 1 aliphatic rings. The van der Waals surface area contributed by atoms with Crippen LogP contribution in [0.2, 0.25) is 0 Å². The highest BCUT2D eigenvalue weighted by atomic mass is 35.5. The van der Waals surface area contributed by atoms with Crippen molar-refractivity contribution in [3.05, 3.63) is 59.7 Å². The van der Waals surface area contributed by atoms with E-state index < -0.39 is 0 Å². The Morgan fingerprint density at radius 3 is 2.33 bits per heavy atom. The number of para-hydroxylation sites is 1. The number of rotatable bonds is 6. The molecular formula is C21H26ClN3O2. The zero-order valence-corrected chi connectivity index (χ0v) is 16.1. The molecule has 0 bridgehead atoms. The van der Waals surface area contributed by atoms with Crippen molar-refractivity contribution in [2.45, 2.75) is 44.6 Å². The number of carbonyl (C=O) groups is 2. The molecule has 6 heteroatoms. The number of hydrogen-bond acceptors (Lipinski definition) is 3. The van der Waals surface area contributed by atoms with Crippen molar-refractivity contribution >= 4 is 35.6 Å². The Morgan fingerprint density at radius 1 is 1.00 bits per heavy atom. The molecule has 0 aromatic heterocycles. The van der Waals surface area contributed by atoms with Gasteiger partial charge in [0.05, 0.1) is 0 Å². The van der Waals surface area contributed by atoms with Crippen molar-refractivity contribution in [1.29, 1.82) is 0 Å². The van der Waals surface area contributed by atoms with Gasteiger partial charge >= 0.3 is 0 Å². The molecule has 0 spiro atoms. The average Bonchev–Trinajstić information content (AvgIpc) is 3.14. The Hall–Kier alpha value is -2.53. The van der Waals surface area contributed by atoms with Crippen LogP contribution < -0.4 is 16.4 Å². The fourth-order valence-corrected chi connectivity index (χ4v) is 3.28. The molecule has 1 fully saturated rings. The summed E-state index contributed by atoms with van der Waals surface area (Å²) < 4.78 is 0. The fraction of sp³-hybridized carbons (Fsp3) is 0.333. The maximum atomic E-state index is 12.2. The normalized spacial score (nSPS) is 13.6. The highest BCUT2D eigenvalue weighted by Gasteiger charge is 2.17. The summed E-state index contributed by atoms with van der Waals surface area (Å²) in [5.41, 5.74) is 8.88. The number of anilines is 2. The molecule has 1 aliphatic carbocycles. The van der Waals surface area contributed by atoms with Gasteiger partial charge in [0.25, 0.3) is 5.91 Å². The largest absolute Gasteiger partial charge is 0.399 e. The summed E-state index contributed by atoms with van der Waals surface area (Å²) >= 11 is 0. The summed E-state index contributed by atoms with van der Waals surface area (Å²) in [6.45, 7) is 0. The van der Waals surface area contributed by atoms with Crippen LogP contribution in [0.25, 0.3) is 0 Å². The second kappa shape index (κ2) is 9.97. The third kappa shape index (κ3) is 6.00. The molecule has 0 atom stereocenters. The molecule has 2 aromatic rings. The van der Waals surface area contributed by atoms with E-state index in [1.807, 2.05) is 24.3 Å². The Kier molecular flexibility index (Phi) is 7.67. The first-order valence-corrected chi connectivity index (χ1v) is 9.16.